The van der Waals surface area contributed by atoms with Gasteiger partial charge in [0, 0.05) is 34.3 Å². The van der Waals surface area contributed by atoms with Crippen LogP contribution in [0.5, 0.6) is 0 Å². The number of rotatable bonds is 3. The highest BCUT2D eigenvalue weighted by molar-refractivity contribution is 6.13. The molecule has 0 N–H and O–H groups in total. The third-order valence-corrected chi connectivity index (χ3v) is 7.21. The third kappa shape index (κ3) is 3.17. The number of hydrogen-bond acceptors (Lipinski definition) is 4. The SMILES string of the molecule is c1ccc(-c2ccc3oc4c(-c5ccnc6c5oc5ccc(-c7ccccc7)cc56)ccnc4c3c2)cc1. The molecule has 0 fully saturated rings. The molecule has 0 spiro atoms. The van der Waals surface area contributed by atoms with Crippen molar-refractivity contribution in [1.29, 1.82) is 0 Å². The third-order valence-electron chi connectivity index (χ3n) is 7.21. The van der Waals surface area contributed by atoms with E-state index in [2.05, 4.69) is 48.5 Å². The maximum absolute atomic E-state index is 6.40. The van der Waals surface area contributed by atoms with Gasteiger partial charge in [0.1, 0.15) is 22.2 Å². The van der Waals surface area contributed by atoms with Crippen molar-refractivity contribution in [1.82, 2.24) is 9.97 Å². The molecule has 0 unspecified atom stereocenters. The van der Waals surface area contributed by atoms with E-state index < -0.39 is 0 Å². The largest absolute Gasteiger partial charge is 0.454 e. The summed E-state index contributed by atoms with van der Waals surface area (Å²) in [5.74, 6) is 0. The first-order valence-electron chi connectivity index (χ1n) is 12.6. The van der Waals surface area contributed by atoms with Gasteiger partial charge in [-0.1, -0.05) is 72.8 Å². The van der Waals surface area contributed by atoms with Crippen molar-refractivity contribution in [3.8, 4) is 33.4 Å². The summed E-state index contributed by atoms with van der Waals surface area (Å²) in [6.45, 7) is 0. The van der Waals surface area contributed by atoms with E-state index in [9.17, 15) is 0 Å². The zero-order valence-electron chi connectivity index (χ0n) is 20.3. The molecule has 0 aliphatic carbocycles. The number of aromatic nitrogens is 2. The average Bonchev–Trinajstić information content (AvgIpc) is 3.56. The Bertz CT molecular complexity index is 1970. The van der Waals surface area contributed by atoms with Crippen LogP contribution < -0.4 is 0 Å². The fourth-order valence-electron chi connectivity index (χ4n) is 5.36. The Kier molecular flexibility index (Phi) is 4.49. The standard InChI is InChI=1S/C34H20N2O2/c1-3-7-21(8-4-1)23-11-13-29-27(19-23)31-33(37-29)25(15-17-35-31)26-16-18-36-32-28-20-24(22-9-5-2-6-10-22)12-14-30(28)38-34(26)32/h1-20H. The maximum Gasteiger partial charge on any atom is 0.161 e. The summed E-state index contributed by atoms with van der Waals surface area (Å²) in [5.41, 5.74) is 11.2. The van der Waals surface area contributed by atoms with E-state index in [4.69, 9.17) is 18.8 Å². The van der Waals surface area contributed by atoms with E-state index in [1.807, 2.05) is 73.1 Å². The van der Waals surface area contributed by atoms with E-state index in [1.165, 1.54) is 0 Å². The summed E-state index contributed by atoms with van der Waals surface area (Å²) in [7, 11) is 0. The van der Waals surface area contributed by atoms with Crippen molar-refractivity contribution in [2.24, 2.45) is 0 Å². The van der Waals surface area contributed by atoms with Crippen molar-refractivity contribution < 1.29 is 8.83 Å². The van der Waals surface area contributed by atoms with Gasteiger partial charge in [-0.05, 0) is 58.7 Å². The van der Waals surface area contributed by atoms with Crippen molar-refractivity contribution in [2.75, 3.05) is 0 Å². The molecular formula is C34H20N2O2. The molecule has 0 aliphatic rings. The van der Waals surface area contributed by atoms with E-state index in [-0.39, 0.29) is 0 Å². The Morgan fingerprint density at radius 3 is 1.32 bits per heavy atom. The van der Waals surface area contributed by atoms with Gasteiger partial charge in [-0.3, -0.25) is 9.97 Å². The van der Waals surface area contributed by atoms with Crippen LogP contribution in [0.1, 0.15) is 0 Å². The van der Waals surface area contributed by atoms with Crippen molar-refractivity contribution in [2.45, 2.75) is 0 Å². The number of pyridine rings is 2. The predicted molar refractivity (Wildman–Crippen MR) is 153 cm³/mol. The van der Waals surface area contributed by atoms with E-state index >= 15 is 0 Å². The zero-order chi connectivity index (χ0) is 25.1. The lowest BCUT2D eigenvalue weighted by atomic mass is 10.0. The summed E-state index contributed by atoms with van der Waals surface area (Å²) in [4.78, 5) is 9.44. The van der Waals surface area contributed by atoms with E-state index in [0.29, 0.717) is 0 Å². The van der Waals surface area contributed by atoms with Crippen LogP contribution in [-0.2, 0) is 0 Å². The molecule has 4 aromatic carbocycles. The fraction of sp³-hybridized carbons (Fsp3) is 0. The molecule has 4 nitrogen and oxygen atoms in total. The minimum Gasteiger partial charge on any atom is -0.454 e. The van der Waals surface area contributed by atoms with Crippen LogP contribution in [-0.4, -0.2) is 9.97 Å². The highest BCUT2D eigenvalue weighted by atomic mass is 16.3. The minimum absolute atomic E-state index is 0.741. The maximum atomic E-state index is 6.40. The normalized spacial score (nSPS) is 11.7. The lowest BCUT2D eigenvalue weighted by Crippen LogP contribution is -1.84. The summed E-state index contributed by atoms with van der Waals surface area (Å²) < 4.78 is 12.8. The summed E-state index contributed by atoms with van der Waals surface area (Å²) in [6.07, 6.45) is 3.68. The summed E-state index contributed by atoms with van der Waals surface area (Å²) >= 11 is 0. The van der Waals surface area contributed by atoms with Gasteiger partial charge in [0.25, 0.3) is 0 Å². The Labute approximate surface area is 217 Å². The molecule has 0 atom stereocenters. The van der Waals surface area contributed by atoms with Crippen LogP contribution in [0.15, 0.2) is 130 Å². The molecule has 8 aromatic rings. The smallest absolute Gasteiger partial charge is 0.161 e. The molecule has 4 heterocycles. The molecule has 8 rings (SSSR count). The molecule has 0 saturated carbocycles. The quantitative estimate of drug-likeness (QED) is 0.249. The first kappa shape index (κ1) is 20.9. The first-order valence-corrected chi connectivity index (χ1v) is 12.6. The first-order chi connectivity index (χ1) is 18.8. The fourth-order valence-corrected chi connectivity index (χ4v) is 5.36. The minimum atomic E-state index is 0.741. The topological polar surface area (TPSA) is 52.1 Å². The van der Waals surface area contributed by atoms with Crippen LogP contribution in [0.25, 0.3) is 77.5 Å². The highest BCUT2D eigenvalue weighted by Gasteiger charge is 2.19. The molecular weight excluding hydrogens is 468 g/mol. The van der Waals surface area contributed by atoms with Crippen LogP contribution in [0.4, 0.5) is 0 Å². The Morgan fingerprint density at radius 2 is 0.868 bits per heavy atom. The Hall–Kier alpha value is -5.22. The second kappa shape index (κ2) is 8.15. The number of fused-ring (bicyclic) bond motifs is 6. The van der Waals surface area contributed by atoms with Gasteiger partial charge in [-0.25, -0.2) is 0 Å². The van der Waals surface area contributed by atoms with Crippen LogP contribution in [0.3, 0.4) is 0 Å². The van der Waals surface area contributed by atoms with Gasteiger partial charge in [0.05, 0.1) is 0 Å². The monoisotopic (exact) mass is 488 g/mol. The molecule has 0 amide bonds. The van der Waals surface area contributed by atoms with E-state index in [0.717, 1.165) is 77.5 Å². The van der Waals surface area contributed by atoms with Gasteiger partial charge in [0.2, 0.25) is 0 Å². The number of benzene rings is 4. The van der Waals surface area contributed by atoms with Crippen molar-refractivity contribution >= 4 is 44.1 Å². The molecule has 38 heavy (non-hydrogen) atoms. The number of hydrogen-bond donors (Lipinski definition) is 0. The van der Waals surface area contributed by atoms with Gasteiger partial charge < -0.3 is 8.83 Å². The van der Waals surface area contributed by atoms with Gasteiger partial charge in [0.15, 0.2) is 11.2 Å². The molecule has 0 radical (unpaired) electrons. The molecule has 0 aliphatic heterocycles. The van der Waals surface area contributed by atoms with E-state index in [1.54, 1.807) is 0 Å². The molecule has 4 aromatic heterocycles. The second-order valence-corrected chi connectivity index (χ2v) is 9.43. The van der Waals surface area contributed by atoms with Crippen LogP contribution >= 0.6 is 0 Å². The van der Waals surface area contributed by atoms with Crippen LogP contribution in [0, 0.1) is 0 Å². The highest BCUT2D eigenvalue weighted by Crippen LogP contribution is 2.41. The molecule has 0 saturated heterocycles. The number of furan rings is 2. The van der Waals surface area contributed by atoms with Crippen molar-refractivity contribution in [3.05, 3.63) is 122 Å². The molecule has 4 heteroatoms. The van der Waals surface area contributed by atoms with Gasteiger partial charge in [-0.15, -0.1) is 0 Å². The summed E-state index contributed by atoms with van der Waals surface area (Å²) in [6, 6.07) is 37.2. The average molecular weight is 489 g/mol. The lowest BCUT2D eigenvalue weighted by molar-refractivity contribution is 0.664. The zero-order valence-corrected chi connectivity index (χ0v) is 20.3. The summed E-state index contributed by atoms with van der Waals surface area (Å²) in [5, 5.41) is 1.98. The Balaban J connectivity index is 1.33. The van der Waals surface area contributed by atoms with Crippen LogP contribution in [0.2, 0.25) is 0 Å². The van der Waals surface area contributed by atoms with Gasteiger partial charge >= 0.3 is 0 Å². The van der Waals surface area contributed by atoms with Gasteiger partial charge in [-0.2, -0.15) is 0 Å². The predicted octanol–water partition coefficient (Wildman–Crippen LogP) is 9.28. The Morgan fingerprint density at radius 1 is 0.421 bits per heavy atom. The van der Waals surface area contributed by atoms with Crippen molar-refractivity contribution in [3.63, 3.8) is 0 Å². The molecule has 0 bridgehead atoms. The lowest BCUT2D eigenvalue weighted by Gasteiger charge is -2.03. The second-order valence-electron chi connectivity index (χ2n) is 9.43. The molecule has 178 valence electrons. The number of nitrogens with zero attached hydrogens (tertiary/aromatic N) is 2.